The average Bonchev–Trinajstić information content (AvgIpc) is 3.14. The molecule has 2 unspecified atom stereocenters. The molecule has 0 aromatic rings. The Bertz CT molecular complexity index is 848. The Balaban J connectivity index is 4.20. The van der Waals surface area contributed by atoms with Crippen LogP contribution in [0, 0.1) is 0 Å². The SMILES string of the molecule is CCCCCCCCC/C=C\C(CCCCCCCCC(=O)NC(CCCN)C(=O)O)OC(=O)CCCCCCCCCCCCCCCCCCC. The first-order chi connectivity index (χ1) is 25.9. The number of ether oxygens (including phenoxy) is 1. The maximum Gasteiger partial charge on any atom is 0.326 e. The Morgan fingerprint density at radius 2 is 0.962 bits per heavy atom. The summed E-state index contributed by atoms with van der Waals surface area (Å²) in [5, 5.41) is 11.9. The largest absolute Gasteiger partial charge is 0.480 e. The smallest absolute Gasteiger partial charge is 0.326 e. The summed E-state index contributed by atoms with van der Waals surface area (Å²) in [5.74, 6) is -1.25. The highest BCUT2D eigenvalue weighted by Crippen LogP contribution is 2.17. The molecular weight excluding hydrogens is 661 g/mol. The molecule has 7 nitrogen and oxygen atoms in total. The highest BCUT2D eigenvalue weighted by Gasteiger charge is 2.18. The number of esters is 1. The second-order valence-corrected chi connectivity index (χ2v) is 15.8. The van der Waals surface area contributed by atoms with E-state index in [0.29, 0.717) is 32.2 Å². The molecule has 0 aliphatic rings. The van der Waals surface area contributed by atoms with Crippen LogP contribution in [0.2, 0.25) is 0 Å². The monoisotopic (exact) mass is 749 g/mol. The number of unbranched alkanes of at least 4 members (excludes halogenated alkanes) is 28. The van der Waals surface area contributed by atoms with E-state index in [9.17, 15) is 19.5 Å². The predicted molar refractivity (Wildman–Crippen MR) is 225 cm³/mol. The Kier molecular flexibility index (Phi) is 39.8. The minimum absolute atomic E-state index is 0.0528. The zero-order valence-corrected chi connectivity index (χ0v) is 35.1. The lowest BCUT2D eigenvalue weighted by molar-refractivity contribution is -0.147. The molecule has 0 aromatic carbocycles. The maximum absolute atomic E-state index is 12.8. The van der Waals surface area contributed by atoms with Gasteiger partial charge in [-0.1, -0.05) is 187 Å². The summed E-state index contributed by atoms with van der Waals surface area (Å²) < 4.78 is 5.98. The van der Waals surface area contributed by atoms with Crippen molar-refractivity contribution in [3.05, 3.63) is 12.2 Å². The number of carboxylic acid groups (broad SMARTS) is 1. The first-order valence-electron chi connectivity index (χ1n) is 23.0. The third-order valence-corrected chi connectivity index (χ3v) is 10.6. The summed E-state index contributed by atoms with van der Waals surface area (Å²) in [6.07, 6.45) is 45.7. The number of carboxylic acids is 1. The van der Waals surface area contributed by atoms with Gasteiger partial charge in [-0.15, -0.1) is 0 Å². The van der Waals surface area contributed by atoms with Crippen LogP contribution in [0.4, 0.5) is 0 Å². The Morgan fingerprint density at radius 1 is 0.547 bits per heavy atom. The molecule has 0 aliphatic carbocycles. The molecule has 312 valence electrons. The van der Waals surface area contributed by atoms with Crippen molar-refractivity contribution in [2.45, 2.75) is 257 Å². The molecule has 0 aliphatic heterocycles. The molecule has 4 N–H and O–H groups in total. The van der Waals surface area contributed by atoms with Crippen molar-refractivity contribution in [1.29, 1.82) is 0 Å². The van der Waals surface area contributed by atoms with Crippen molar-refractivity contribution < 1.29 is 24.2 Å². The normalized spacial score (nSPS) is 12.7. The molecule has 0 fully saturated rings. The van der Waals surface area contributed by atoms with Crippen LogP contribution in [0.15, 0.2) is 12.2 Å². The van der Waals surface area contributed by atoms with Crippen molar-refractivity contribution in [3.63, 3.8) is 0 Å². The molecule has 0 radical (unpaired) electrons. The van der Waals surface area contributed by atoms with Gasteiger partial charge in [-0.25, -0.2) is 4.79 Å². The lowest BCUT2D eigenvalue weighted by atomic mass is 10.0. The molecule has 0 bridgehead atoms. The standard InChI is InChI=1S/C46H88N2O5/c1-3-5-7-9-11-13-14-15-16-17-18-19-20-22-24-30-34-40-45(50)53-42(36-31-27-23-21-12-10-8-6-4-2)37-32-28-25-26-29-33-39-44(49)48-43(46(51)52)38-35-41-47/h31,36,42-43H,3-30,32-35,37-41,47H2,1-2H3,(H,48,49)(H,51,52)/b36-31-. The number of carbonyl (C=O) groups is 3. The number of nitrogens with one attached hydrogen (secondary N) is 1. The van der Waals surface area contributed by atoms with Crippen LogP contribution < -0.4 is 11.1 Å². The number of allylic oxidation sites excluding steroid dienone is 1. The van der Waals surface area contributed by atoms with E-state index in [0.717, 1.165) is 64.2 Å². The highest BCUT2D eigenvalue weighted by molar-refractivity contribution is 5.83. The summed E-state index contributed by atoms with van der Waals surface area (Å²) in [6.45, 7) is 4.95. The fourth-order valence-electron chi connectivity index (χ4n) is 7.07. The average molecular weight is 749 g/mol. The third kappa shape index (κ3) is 38.2. The molecule has 1 amide bonds. The Morgan fingerprint density at radius 3 is 1.42 bits per heavy atom. The van der Waals surface area contributed by atoms with E-state index < -0.39 is 12.0 Å². The summed E-state index contributed by atoms with van der Waals surface area (Å²) in [6, 6.07) is -0.850. The van der Waals surface area contributed by atoms with E-state index in [1.807, 2.05) is 0 Å². The Hall–Kier alpha value is -1.89. The van der Waals surface area contributed by atoms with Crippen molar-refractivity contribution in [2.75, 3.05) is 6.54 Å². The second-order valence-electron chi connectivity index (χ2n) is 15.8. The van der Waals surface area contributed by atoms with E-state index in [4.69, 9.17) is 10.5 Å². The van der Waals surface area contributed by atoms with Gasteiger partial charge >= 0.3 is 11.9 Å². The van der Waals surface area contributed by atoms with Gasteiger partial charge in [0.05, 0.1) is 0 Å². The van der Waals surface area contributed by atoms with Gasteiger partial charge in [0, 0.05) is 12.8 Å². The van der Waals surface area contributed by atoms with Crippen molar-refractivity contribution in [1.82, 2.24) is 5.32 Å². The highest BCUT2D eigenvalue weighted by atomic mass is 16.5. The summed E-state index contributed by atoms with van der Waals surface area (Å²) in [5.41, 5.74) is 5.48. The number of amides is 1. The van der Waals surface area contributed by atoms with Crippen LogP contribution in [0.25, 0.3) is 0 Å². The van der Waals surface area contributed by atoms with Gasteiger partial charge in [-0.05, 0) is 64.0 Å². The lowest BCUT2D eigenvalue weighted by Crippen LogP contribution is -2.40. The zero-order chi connectivity index (χ0) is 38.9. The number of nitrogens with two attached hydrogens (primary N) is 1. The van der Waals surface area contributed by atoms with Gasteiger partial charge in [0.25, 0.3) is 0 Å². The number of hydrogen-bond donors (Lipinski definition) is 3. The molecule has 0 rings (SSSR count). The van der Waals surface area contributed by atoms with E-state index in [-0.39, 0.29) is 18.0 Å². The molecule has 0 spiro atoms. The van der Waals surface area contributed by atoms with Crippen LogP contribution in [0.3, 0.4) is 0 Å². The molecule has 0 saturated carbocycles. The lowest BCUT2D eigenvalue weighted by Gasteiger charge is -2.15. The van der Waals surface area contributed by atoms with Crippen molar-refractivity contribution in [3.8, 4) is 0 Å². The van der Waals surface area contributed by atoms with Gasteiger partial charge in [0.15, 0.2) is 0 Å². The van der Waals surface area contributed by atoms with Gasteiger partial charge < -0.3 is 20.9 Å². The first kappa shape index (κ1) is 51.1. The molecule has 2 atom stereocenters. The van der Waals surface area contributed by atoms with Gasteiger partial charge in [0.1, 0.15) is 12.1 Å². The summed E-state index contributed by atoms with van der Waals surface area (Å²) in [4.78, 5) is 36.3. The topological polar surface area (TPSA) is 119 Å². The predicted octanol–water partition coefficient (Wildman–Crippen LogP) is 13.1. The van der Waals surface area contributed by atoms with E-state index in [1.54, 1.807) is 0 Å². The third-order valence-electron chi connectivity index (χ3n) is 10.6. The summed E-state index contributed by atoms with van der Waals surface area (Å²) in [7, 11) is 0. The van der Waals surface area contributed by atoms with Gasteiger partial charge in [-0.2, -0.15) is 0 Å². The van der Waals surface area contributed by atoms with Crippen LogP contribution in [0.1, 0.15) is 245 Å². The number of aliphatic carboxylic acids is 1. The van der Waals surface area contributed by atoms with E-state index in [1.165, 1.54) is 141 Å². The molecule has 7 heteroatoms. The Labute approximate surface area is 328 Å². The molecule has 0 aromatic heterocycles. The fraction of sp³-hybridized carbons (Fsp3) is 0.891. The molecule has 0 heterocycles. The summed E-state index contributed by atoms with van der Waals surface area (Å²) >= 11 is 0. The van der Waals surface area contributed by atoms with Crippen molar-refractivity contribution >= 4 is 17.8 Å². The van der Waals surface area contributed by atoms with Crippen LogP contribution in [0.5, 0.6) is 0 Å². The zero-order valence-electron chi connectivity index (χ0n) is 35.1. The van der Waals surface area contributed by atoms with Crippen LogP contribution in [-0.2, 0) is 19.1 Å². The minimum atomic E-state index is -1.00. The van der Waals surface area contributed by atoms with Crippen LogP contribution >= 0.6 is 0 Å². The number of hydrogen-bond acceptors (Lipinski definition) is 5. The first-order valence-corrected chi connectivity index (χ1v) is 23.0. The second kappa shape index (κ2) is 41.3. The maximum atomic E-state index is 12.8. The quantitative estimate of drug-likeness (QED) is 0.0325. The van der Waals surface area contributed by atoms with Gasteiger partial charge in [-0.3, -0.25) is 9.59 Å². The fourth-order valence-corrected chi connectivity index (χ4v) is 7.07. The van der Waals surface area contributed by atoms with Crippen LogP contribution in [-0.4, -0.2) is 41.6 Å². The van der Waals surface area contributed by atoms with E-state index in [2.05, 4.69) is 31.3 Å². The van der Waals surface area contributed by atoms with Crippen molar-refractivity contribution in [2.24, 2.45) is 5.73 Å². The molecule has 53 heavy (non-hydrogen) atoms. The minimum Gasteiger partial charge on any atom is -0.480 e. The number of carbonyl (C=O) groups excluding carboxylic acids is 2. The van der Waals surface area contributed by atoms with Gasteiger partial charge in [0.2, 0.25) is 5.91 Å². The number of rotatable bonds is 42. The molecule has 0 saturated heterocycles. The van der Waals surface area contributed by atoms with E-state index >= 15 is 0 Å². The molecular formula is C46H88N2O5.